The molecule has 1 heterocycles. The number of rotatable bonds is 3. The average molecular weight is 223 g/mol. The summed E-state index contributed by atoms with van der Waals surface area (Å²) in [5.74, 6) is -1.33. The zero-order chi connectivity index (χ0) is 11.6. The third-order valence-corrected chi connectivity index (χ3v) is 1.77. The molecule has 5 nitrogen and oxygen atoms in total. The van der Waals surface area contributed by atoms with Crippen molar-refractivity contribution in [2.75, 3.05) is 6.54 Å². The first-order valence-corrected chi connectivity index (χ1v) is 3.90. The van der Waals surface area contributed by atoms with Crippen molar-refractivity contribution < 1.29 is 23.1 Å². The van der Waals surface area contributed by atoms with Crippen molar-refractivity contribution >= 4 is 5.97 Å². The lowest BCUT2D eigenvalue weighted by atomic mass is 10.3. The molecule has 3 N–H and O–H groups in total. The third kappa shape index (κ3) is 2.46. The number of nitrogens with zero attached hydrogens (tertiary/aromatic N) is 2. The van der Waals surface area contributed by atoms with Crippen molar-refractivity contribution in [2.24, 2.45) is 5.73 Å². The Labute approximate surface area is 82.3 Å². The maximum atomic E-state index is 12.3. The van der Waals surface area contributed by atoms with Crippen LogP contribution in [0.3, 0.4) is 0 Å². The summed E-state index contributed by atoms with van der Waals surface area (Å²) in [7, 11) is 0. The molecule has 0 spiro atoms. The molecule has 0 aliphatic carbocycles. The van der Waals surface area contributed by atoms with E-state index in [0.717, 1.165) is 12.4 Å². The highest BCUT2D eigenvalue weighted by Crippen LogP contribution is 2.29. The van der Waals surface area contributed by atoms with E-state index in [0.29, 0.717) is 4.68 Å². The van der Waals surface area contributed by atoms with Gasteiger partial charge in [0.15, 0.2) is 6.04 Å². The molecule has 0 saturated heterocycles. The molecule has 1 unspecified atom stereocenters. The van der Waals surface area contributed by atoms with Crippen LogP contribution in [-0.2, 0) is 0 Å². The highest BCUT2D eigenvalue weighted by atomic mass is 19.4. The molecule has 0 aliphatic heterocycles. The van der Waals surface area contributed by atoms with Gasteiger partial charge in [0, 0.05) is 12.7 Å². The second kappa shape index (κ2) is 3.89. The summed E-state index contributed by atoms with van der Waals surface area (Å²) < 4.78 is 37.5. The molecular formula is C7H8F3N3O2. The van der Waals surface area contributed by atoms with Crippen LogP contribution in [-0.4, -0.2) is 33.6 Å². The summed E-state index contributed by atoms with van der Waals surface area (Å²) in [4.78, 5) is 10.4. The minimum Gasteiger partial charge on any atom is -0.478 e. The van der Waals surface area contributed by atoms with Gasteiger partial charge in [0.2, 0.25) is 0 Å². The lowest BCUT2D eigenvalue weighted by Crippen LogP contribution is -2.33. The molecule has 1 rings (SSSR count). The second-order valence-electron chi connectivity index (χ2n) is 2.81. The van der Waals surface area contributed by atoms with E-state index in [9.17, 15) is 18.0 Å². The monoisotopic (exact) mass is 223 g/mol. The van der Waals surface area contributed by atoms with Crippen LogP contribution in [0.2, 0.25) is 0 Å². The molecule has 0 amide bonds. The number of carbonyl (C=O) groups is 1. The van der Waals surface area contributed by atoms with Gasteiger partial charge in [0.1, 0.15) is 0 Å². The van der Waals surface area contributed by atoms with Gasteiger partial charge < -0.3 is 10.8 Å². The van der Waals surface area contributed by atoms with Gasteiger partial charge in [-0.25, -0.2) is 4.79 Å². The molecule has 1 atom stereocenters. The number of alkyl halides is 3. The molecular weight excluding hydrogens is 215 g/mol. The van der Waals surface area contributed by atoms with Crippen LogP contribution in [0.4, 0.5) is 13.2 Å². The fraction of sp³-hybridized carbons (Fsp3) is 0.429. The van der Waals surface area contributed by atoms with Gasteiger partial charge in [-0.05, 0) is 0 Å². The van der Waals surface area contributed by atoms with Gasteiger partial charge in [-0.2, -0.15) is 18.3 Å². The molecule has 0 saturated carbocycles. The van der Waals surface area contributed by atoms with Gasteiger partial charge in [0.25, 0.3) is 0 Å². The topological polar surface area (TPSA) is 81.1 Å². The zero-order valence-electron chi connectivity index (χ0n) is 7.40. The molecule has 0 fully saturated rings. The summed E-state index contributed by atoms with van der Waals surface area (Å²) in [6.07, 6.45) is -2.90. The Morgan fingerprint density at radius 1 is 1.67 bits per heavy atom. The van der Waals surface area contributed by atoms with Crippen molar-refractivity contribution in [1.82, 2.24) is 9.78 Å². The first-order valence-electron chi connectivity index (χ1n) is 3.90. The largest absolute Gasteiger partial charge is 0.478 e. The van der Waals surface area contributed by atoms with Crippen LogP contribution in [0.15, 0.2) is 12.4 Å². The fourth-order valence-corrected chi connectivity index (χ4v) is 1.01. The van der Waals surface area contributed by atoms with Crippen molar-refractivity contribution in [1.29, 1.82) is 0 Å². The number of aromatic nitrogens is 2. The van der Waals surface area contributed by atoms with E-state index in [1.807, 2.05) is 0 Å². The van der Waals surface area contributed by atoms with Crippen molar-refractivity contribution in [3.05, 3.63) is 18.0 Å². The van der Waals surface area contributed by atoms with Crippen molar-refractivity contribution in [2.45, 2.75) is 12.2 Å². The van der Waals surface area contributed by atoms with Gasteiger partial charge in [-0.3, -0.25) is 4.68 Å². The molecule has 84 valence electrons. The first-order chi connectivity index (χ1) is 6.86. The highest BCUT2D eigenvalue weighted by Gasteiger charge is 2.40. The number of hydrogen-bond donors (Lipinski definition) is 2. The third-order valence-electron chi connectivity index (χ3n) is 1.77. The first kappa shape index (κ1) is 11.5. The SMILES string of the molecule is NCC(n1cc(C(=O)O)cn1)C(F)(F)F. The summed E-state index contributed by atoms with van der Waals surface area (Å²) in [5.41, 5.74) is 4.64. The summed E-state index contributed by atoms with van der Waals surface area (Å²) in [5, 5.41) is 11.8. The van der Waals surface area contributed by atoms with Crippen molar-refractivity contribution in [3.63, 3.8) is 0 Å². The Balaban J connectivity index is 2.98. The Hall–Kier alpha value is -1.57. The van der Waals surface area contributed by atoms with Crippen LogP contribution < -0.4 is 5.73 Å². The maximum Gasteiger partial charge on any atom is 0.412 e. The van der Waals surface area contributed by atoms with Crippen LogP contribution >= 0.6 is 0 Å². The zero-order valence-corrected chi connectivity index (χ0v) is 7.40. The summed E-state index contributed by atoms with van der Waals surface area (Å²) >= 11 is 0. The van der Waals surface area contributed by atoms with E-state index in [1.54, 1.807) is 0 Å². The molecule has 1 aromatic heterocycles. The maximum absolute atomic E-state index is 12.3. The van der Waals surface area contributed by atoms with Crippen molar-refractivity contribution in [3.8, 4) is 0 Å². The van der Waals surface area contributed by atoms with Gasteiger partial charge in [-0.15, -0.1) is 0 Å². The number of aromatic carboxylic acids is 1. The summed E-state index contributed by atoms with van der Waals surface area (Å²) in [6.45, 7) is -0.690. The van der Waals surface area contributed by atoms with Crippen LogP contribution in [0, 0.1) is 0 Å². The fourth-order valence-electron chi connectivity index (χ4n) is 1.01. The van der Waals surface area contributed by atoms with Gasteiger partial charge in [0.05, 0.1) is 11.8 Å². The number of nitrogens with two attached hydrogens (primary N) is 1. The highest BCUT2D eigenvalue weighted by molar-refractivity contribution is 5.86. The molecule has 15 heavy (non-hydrogen) atoms. The number of hydrogen-bond acceptors (Lipinski definition) is 3. The smallest absolute Gasteiger partial charge is 0.412 e. The molecule has 0 radical (unpaired) electrons. The Bertz CT molecular complexity index is 361. The average Bonchev–Trinajstić information content (AvgIpc) is 2.51. The predicted octanol–water partition coefficient (Wildman–Crippen LogP) is 0.643. The van der Waals surface area contributed by atoms with Crippen LogP contribution in [0.25, 0.3) is 0 Å². The predicted molar refractivity (Wildman–Crippen MR) is 43.3 cm³/mol. The van der Waals surface area contributed by atoms with Gasteiger partial charge in [-0.1, -0.05) is 0 Å². The van der Waals surface area contributed by atoms with E-state index < -0.39 is 24.7 Å². The number of carboxylic acids is 1. The Morgan fingerprint density at radius 2 is 2.27 bits per heavy atom. The molecule has 0 aliphatic rings. The van der Waals surface area contributed by atoms with E-state index in [2.05, 4.69) is 5.10 Å². The Kier molecular flexibility index (Phi) is 2.98. The van der Waals surface area contributed by atoms with Crippen LogP contribution in [0.1, 0.15) is 16.4 Å². The van der Waals surface area contributed by atoms with E-state index in [4.69, 9.17) is 10.8 Å². The second-order valence-corrected chi connectivity index (χ2v) is 2.81. The van der Waals surface area contributed by atoms with E-state index in [1.165, 1.54) is 0 Å². The quantitative estimate of drug-likeness (QED) is 0.788. The van der Waals surface area contributed by atoms with Crippen LogP contribution in [0.5, 0.6) is 0 Å². The molecule has 1 aromatic rings. The molecule has 0 aromatic carbocycles. The summed E-state index contributed by atoms with van der Waals surface area (Å²) in [6, 6.07) is -1.99. The standard InChI is InChI=1S/C7H8F3N3O2/c8-7(9,10)5(1-11)13-3-4(2-12-13)6(14)15/h2-3,5H,1,11H2,(H,14,15). The minimum absolute atomic E-state index is 0.308. The lowest BCUT2D eigenvalue weighted by Gasteiger charge is -2.18. The lowest BCUT2D eigenvalue weighted by molar-refractivity contribution is -0.167. The molecule has 8 heteroatoms. The normalized spacial score (nSPS) is 13.9. The number of carboxylic acid groups (broad SMARTS) is 1. The number of halogens is 3. The molecule has 0 bridgehead atoms. The van der Waals surface area contributed by atoms with E-state index >= 15 is 0 Å². The van der Waals surface area contributed by atoms with E-state index in [-0.39, 0.29) is 5.56 Å². The minimum atomic E-state index is -4.55. The Morgan fingerprint density at radius 3 is 2.60 bits per heavy atom. The van der Waals surface area contributed by atoms with Gasteiger partial charge >= 0.3 is 12.1 Å².